The van der Waals surface area contributed by atoms with Gasteiger partial charge in [0.25, 0.3) is 0 Å². The van der Waals surface area contributed by atoms with Crippen molar-refractivity contribution in [2.75, 3.05) is 26.7 Å². The van der Waals surface area contributed by atoms with Crippen LogP contribution in [0.25, 0.3) is 0 Å². The molecule has 0 aromatic heterocycles. The van der Waals surface area contributed by atoms with Gasteiger partial charge in [-0.3, -0.25) is 4.79 Å². The molecule has 132 valence electrons. The van der Waals surface area contributed by atoms with Gasteiger partial charge in [0.2, 0.25) is 5.91 Å². The van der Waals surface area contributed by atoms with E-state index in [4.69, 9.17) is 0 Å². The quantitative estimate of drug-likeness (QED) is 0.876. The maximum atomic E-state index is 12.9. The van der Waals surface area contributed by atoms with Gasteiger partial charge in [0.05, 0.1) is 5.92 Å². The van der Waals surface area contributed by atoms with Crippen LogP contribution < -0.4 is 10.6 Å². The van der Waals surface area contributed by atoms with Gasteiger partial charge in [0.15, 0.2) is 0 Å². The van der Waals surface area contributed by atoms with Crippen LogP contribution in [0, 0.1) is 0 Å². The van der Waals surface area contributed by atoms with Crippen LogP contribution in [-0.2, 0) is 16.8 Å². The van der Waals surface area contributed by atoms with Crippen LogP contribution in [0.2, 0.25) is 0 Å². The lowest BCUT2D eigenvalue weighted by molar-refractivity contribution is -0.124. The summed E-state index contributed by atoms with van der Waals surface area (Å²) in [5.41, 5.74) is 4.00. The Morgan fingerprint density at radius 1 is 1.25 bits per heavy atom. The SMILES string of the molecule is CN1Cc2cc(C(C)(C)C)ccc2C(C(=O)NC2CCNCC2)C1. The first-order valence-electron chi connectivity index (χ1n) is 9.17. The van der Waals surface area contributed by atoms with Gasteiger partial charge < -0.3 is 15.5 Å². The molecule has 1 atom stereocenters. The Balaban J connectivity index is 1.81. The topological polar surface area (TPSA) is 44.4 Å². The molecule has 1 amide bonds. The third-order valence-electron chi connectivity index (χ3n) is 5.32. The number of rotatable bonds is 2. The lowest BCUT2D eigenvalue weighted by Gasteiger charge is -2.34. The summed E-state index contributed by atoms with van der Waals surface area (Å²) in [4.78, 5) is 15.2. The minimum absolute atomic E-state index is 0.0531. The Morgan fingerprint density at radius 3 is 2.62 bits per heavy atom. The second-order valence-electron chi connectivity index (χ2n) is 8.45. The van der Waals surface area contributed by atoms with Gasteiger partial charge in [-0.15, -0.1) is 0 Å². The van der Waals surface area contributed by atoms with Crippen LogP contribution in [0.15, 0.2) is 18.2 Å². The molecule has 1 fully saturated rings. The molecule has 1 aromatic carbocycles. The summed E-state index contributed by atoms with van der Waals surface area (Å²) >= 11 is 0. The van der Waals surface area contributed by atoms with Crippen LogP contribution in [0.3, 0.4) is 0 Å². The number of likely N-dealkylation sites (N-methyl/N-ethyl adjacent to an activating group) is 1. The Hall–Kier alpha value is -1.39. The minimum atomic E-state index is -0.0531. The number of fused-ring (bicyclic) bond motifs is 1. The second-order valence-corrected chi connectivity index (χ2v) is 8.45. The third kappa shape index (κ3) is 3.81. The molecule has 3 rings (SSSR count). The van der Waals surface area contributed by atoms with Crippen LogP contribution in [0.5, 0.6) is 0 Å². The molecule has 0 spiro atoms. The van der Waals surface area contributed by atoms with Gasteiger partial charge in [0, 0.05) is 19.1 Å². The Bertz CT molecular complexity index is 599. The van der Waals surface area contributed by atoms with Crippen LogP contribution >= 0.6 is 0 Å². The van der Waals surface area contributed by atoms with Gasteiger partial charge >= 0.3 is 0 Å². The van der Waals surface area contributed by atoms with Gasteiger partial charge in [-0.2, -0.15) is 0 Å². The van der Waals surface area contributed by atoms with Crippen molar-refractivity contribution >= 4 is 5.91 Å². The predicted octanol–water partition coefficient (Wildman–Crippen LogP) is 2.38. The molecule has 0 bridgehead atoms. The van der Waals surface area contributed by atoms with Crippen LogP contribution in [-0.4, -0.2) is 43.5 Å². The Morgan fingerprint density at radius 2 is 1.96 bits per heavy atom. The number of carbonyl (C=O) groups excluding carboxylic acids is 1. The number of nitrogens with zero attached hydrogens (tertiary/aromatic N) is 1. The van der Waals surface area contributed by atoms with E-state index in [0.29, 0.717) is 6.04 Å². The normalized spacial score (nSPS) is 22.9. The fourth-order valence-electron chi connectivity index (χ4n) is 3.81. The van der Waals surface area contributed by atoms with E-state index in [0.717, 1.165) is 39.0 Å². The number of nitrogens with one attached hydrogen (secondary N) is 2. The van der Waals surface area contributed by atoms with Crippen molar-refractivity contribution in [2.24, 2.45) is 0 Å². The molecule has 0 aliphatic carbocycles. The molecule has 24 heavy (non-hydrogen) atoms. The summed E-state index contributed by atoms with van der Waals surface area (Å²) in [6.07, 6.45) is 2.06. The molecule has 2 aliphatic rings. The zero-order chi connectivity index (χ0) is 17.3. The van der Waals surface area contributed by atoms with Crippen molar-refractivity contribution in [3.8, 4) is 0 Å². The van der Waals surface area contributed by atoms with Crippen molar-refractivity contribution in [3.63, 3.8) is 0 Å². The van der Waals surface area contributed by atoms with E-state index in [1.165, 1.54) is 16.7 Å². The average molecular weight is 329 g/mol. The summed E-state index contributed by atoms with van der Waals surface area (Å²) in [6.45, 7) is 10.4. The number of amides is 1. The molecular formula is C20H31N3O. The second kappa shape index (κ2) is 6.85. The lowest BCUT2D eigenvalue weighted by atomic mass is 9.81. The molecule has 4 nitrogen and oxygen atoms in total. The highest BCUT2D eigenvalue weighted by molar-refractivity contribution is 5.85. The molecule has 2 N–H and O–H groups in total. The molecule has 1 unspecified atom stereocenters. The Labute approximate surface area is 146 Å². The summed E-state index contributed by atoms with van der Waals surface area (Å²) in [7, 11) is 2.11. The van der Waals surface area contributed by atoms with Gasteiger partial charge in [-0.1, -0.05) is 39.0 Å². The number of hydrogen-bond donors (Lipinski definition) is 2. The van der Waals surface area contributed by atoms with Crippen molar-refractivity contribution in [1.29, 1.82) is 0 Å². The van der Waals surface area contributed by atoms with E-state index in [-0.39, 0.29) is 17.2 Å². The van der Waals surface area contributed by atoms with E-state index < -0.39 is 0 Å². The summed E-state index contributed by atoms with van der Waals surface area (Å²) < 4.78 is 0. The summed E-state index contributed by atoms with van der Waals surface area (Å²) in [5.74, 6) is 0.140. The molecule has 0 saturated carbocycles. The lowest BCUT2D eigenvalue weighted by Crippen LogP contribution is -2.47. The van der Waals surface area contributed by atoms with Gasteiger partial charge in [-0.25, -0.2) is 0 Å². The first-order chi connectivity index (χ1) is 11.3. The van der Waals surface area contributed by atoms with Crippen molar-refractivity contribution < 1.29 is 4.79 Å². The fraction of sp³-hybridized carbons (Fsp3) is 0.650. The van der Waals surface area contributed by atoms with E-state index >= 15 is 0 Å². The number of piperidine rings is 1. The molecule has 2 heterocycles. The highest BCUT2D eigenvalue weighted by Gasteiger charge is 2.31. The number of hydrogen-bond acceptors (Lipinski definition) is 3. The average Bonchev–Trinajstić information content (AvgIpc) is 2.53. The predicted molar refractivity (Wildman–Crippen MR) is 98.3 cm³/mol. The number of benzene rings is 1. The smallest absolute Gasteiger partial charge is 0.229 e. The molecule has 1 aromatic rings. The largest absolute Gasteiger partial charge is 0.353 e. The standard InChI is InChI=1S/C20H31N3O/c1-20(2,3)15-5-6-17-14(11-15)12-23(4)13-18(17)19(24)22-16-7-9-21-10-8-16/h5-6,11,16,18,21H,7-10,12-13H2,1-4H3,(H,22,24). The molecule has 4 heteroatoms. The van der Waals surface area contributed by atoms with E-state index in [1.807, 2.05) is 0 Å². The first kappa shape index (κ1) is 17.4. The summed E-state index contributed by atoms with van der Waals surface area (Å²) in [6, 6.07) is 7.02. The molecular weight excluding hydrogens is 298 g/mol. The maximum Gasteiger partial charge on any atom is 0.229 e. The fourth-order valence-corrected chi connectivity index (χ4v) is 3.81. The number of carbonyl (C=O) groups is 1. The van der Waals surface area contributed by atoms with Crippen molar-refractivity contribution in [3.05, 3.63) is 34.9 Å². The van der Waals surface area contributed by atoms with Crippen LogP contribution in [0.4, 0.5) is 0 Å². The molecule has 1 saturated heterocycles. The highest BCUT2D eigenvalue weighted by atomic mass is 16.2. The molecule has 0 radical (unpaired) electrons. The van der Waals surface area contributed by atoms with E-state index in [9.17, 15) is 4.79 Å². The first-order valence-corrected chi connectivity index (χ1v) is 9.17. The molecule has 2 aliphatic heterocycles. The zero-order valence-electron chi connectivity index (χ0n) is 15.5. The zero-order valence-corrected chi connectivity index (χ0v) is 15.5. The van der Waals surface area contributed by atoms with Gasteiger partial charge in [0.1, 0.15) is 0 Å². The Kier molecular flexibility index (Phi) is 4.97. The minimum Gasteiger partial charge on any atom is -0.353 e. The van der Waals surface area contributed by atoms with Gasteiger partial charge in [-0.05, 0) is 55.1 Å². The third-order valence-corrected chi connectivity index (χ3v) is 5.32. The monoisotopic (exact) mass is 329 g/mol. The van der Waals surface area contributed by atoms with Crippen molar-refractivity contribution in [1.82, 2.24) is 15.5 Å². The van der Waals surface area contributed by atoms with E-state index in [1.54, 1.807) is 0 Å². The van der Waals surface area contributed by atoms with E-state index in [2.05, 4.69) is 61.6 Å². The van der Waals surface area contributed by atoms with Crippen LogP contribution in [0.1, 0.15) is 56.2 Å². The summed E-state index contributed by atoms with van der Waals surface area (Å²) in [5, 5.41) is 6.64. The maximum absolute atomic E-state index is 12.9. The van der Waals surface area contributed by atoms with Crippen molar-refractivity contribution in [2.45, 2.75) is 57.5 Å². The highest BCUT2D eigenvalue weighted by Crippen LogP contribution is 2.32.